The van der Waals surface area contributed by atoms with Crippen LogP contribution in [0, 0.1) is 5.92 Å². The lowest BCUT2D eigenvalue weighted by Crippen LogP contribution is -2.36. The molecule has 22 heavy (non-hydrogen) atoms. The molecule has 1 aromatic heterocycles. The standard InChI is InChI=1S/C17H22N2O2S/c1-21-16-6-4-14(5-7-16)17-18-15(12-22-17)10-19-8-2-3-13(9-19)11-20/h4-7,12-13,20H,2-3,8-11H2,1H3. The third kappa shape index (κ3) is 3.66. The number of hydrogen-bond acceptors (Lipinski definition) is 5. The molecule has 0 radical (unpaired) electrons. The molecule has 1 saturated heterocycles. The monoisotopic (exact) mass is 318 g/mol. The van der Waals surface area contributed by atoms with E-state index in [1.54, 1.807) is 18.4 Å². The first-order chi connectivity index (χ1) is 10.8. The normalized spacial score (nSPS) is 19.3. The summed E-state index contributed by atoms with van der Waals surface area (Å²) in [5.41, 5.74) is 2.25. The molecule has 3 rings (SSSR count). The maximum atomic E-state index is 9.32. The van der Waals surface area contributed by atoms with Gasteiger partial charge < -0.3 is 9.84 Å². The van der Waals surface area contributed by atoms with Crippen molar-refractivity contribution in [3.05, 3.63) is 35.3 Å². The van der Waals surface area contributed by atoms with E-state index in [9.17, 15) is 5.11 Å². The van der Waals surface area contributed by atoms with Crippen molar-refractivity contribution in [2.75, 3.05) is 26.8 Å². The fourth-order valence-electron chi connectivity index (χ4n) is 2.92. The lowest BCUT2D eigenvalue weighted by atomic mass is 9.99. The maximum Gasteiger partial charge on any atom is 0.123 e. The van der Waals surface area contributed by atoms with E-state index in [4.69, 9.17) is 9.72 Å². The van der Waals surface area contributed by atoms with Crippen LogP contribution in [-0.4, -0.2) is 41.8 Å². The Balaban J connectivity index is 1.65. The predicted molar refractivity (Wildman–Crippen MR) is 89.2 cm³/mol. The summed E-state index contributed by atoms with van der Waals surface area (Å²) in [6, 6.07) is 8.02. The zero-order valence-electron chi connectivity index (χ0n) is 12.9. The summed E-state index contributed by atoms with van der Waals surface area (Å²) in [5, 5.41) is 12.5. The van der Waals surface area contributed by atoms with E-state index in [-0.39, 0.29) is 0 Å². The Hall–Kier alpha value is -1.43. The third-order valence-electron chi connectivity index (χ3n) is 4.14. The number of methoxy groups -OCH3 is 1. The fourth-order valence-corrected chi connectivity index (χ4v) is 3.74. The molecule has 4 nitrogen and oxygen atoms in total. The first kappa shape index (κ1) is 15.5. The van der Waals surface area contributed by atoms with Gasteiger partial charge in [-0.15, -0.1) is 11.3 Å². The van der Waals surface area contributed by atoms with Crippen LogP contribution in [0.3, 0.4) is 0 Å². The van der Waals surface area contributed by atoms with E-state index in [1.165, 1.54) is 6.42 Å². The van der Waals surface area contributed by atoms with Crippen LogP contribution in [-0.2, 0) is 6.54 Å². The number of aliphatic hydroxyl groups is 1. The first-order valence-corrected chi connectivity index (χ1v) is 8.58. The van der Waals surface area contributed by atoms with Crippen LogP contribution in [0.1, 0.15) is 18.5 Å². The first-order valence-electron chi connectivity index (χ1n) is 7.70. The van der Waals surface area contributed by atoms with Crippen molar-refractivity contribution in [3.8, 4) is 16.3 Å². The van der Waals surface area contributed by atoms with E-state index in [0.29, 0.717) is 12.5 Å². The highest BCUT2D eigenvalue weighted by atomic mass is 32.1. The molecule has 2 aromatic rings. The quantitative estimate of drug-likeness (QED) is 0.920. The van der Waals surface area contributed by atoms with E-state index < -0.39 is 0 Å². The average molecular weight is 318 g/mol. The Kier molecular flexibility index (Phi) is 5.08. The molecule has 0 bridgehead atoms. The molecule has 2 heterocycles. The highest BCUT2D eigenvalue weighted by Gasteiger charge is 2.20. The van der Waals surface area contributed by atoms with Crippen molar-refractivity contribution >= 4 is 11.3 Å². The molecule has 1 fully saturated rings. The molecule has 1 aliphatic heterocycles. The number of ether oxygens (including phenoxy) is 1. The molecule has 1 atom stereocenters. The molecule has 5 heteroatoms. The molecular weight excluding hydrogens is 296 g/mol. The predicted octanol–water partition coefficient (Wildman–Crippen LogP) is 3.02. The van der Waals surface area contributed by atoms with E-state index in [0.717, 1.165) is 48.1 Å². The molecule has 1 unspecified atom stereocenters. The average Bonchev–Trinajstić information content (AvgIpc) is 3.03. The van der Waals surface area contributed by atoms with Gasteiger partial charge in [0, 0.05) is 30.6 Å². The van der Waals surface area contributed by atoms with Crippen molar-refractivity contribution in [3.63, 3.8) is 0 Å². The highest BCUT2D eigenvalue weighted by molar-refractivity contribution is 7.13. The van der Waals surface area contributed by atoms with Gasteiger partial charge in [-0.2, -0.15) is 0 Å². The third-order valence-corrected chi connectivity index (χ3v) is 5.08. The van der Waals surface area contributed by atoms with Gasteiger partial charge in [-0.25, -0.2) is 4.98 Å². The van der Waals surface area contributed by atoms with Crippen LogP contribution in [0.25, 0.3) is 10.6 Å². The highest BCUT2D eigenvalue weighted by Crippen LogP contribution is 2.27. The Morgan fingerprint density at radius 2 is 2.18 bits per heavy atom. The summed E-state index contributed by atoms with van der Waals surface area (Å²) in [5.74, 6) is 1.29. The lowest BCUT2D eigenvalue weighted by molar-refractivity contribution is 0.115. The Morgan fingerprint density at radius 1 is 1.36 bits per heavy atom. The van der Waals surface area contributed by atoms with Gasteiger partial charge in [0.15, 0.2) is 0 Å². The van der Waals surface area contributed by atoms with Gasteiger partial charge in [0.25, 0.3) is 0 Å². The molecule has 0 aliphatic carbocycles. The molecule has 1 aromatic carbocycles. The molecule has 0 amide bonds. The van der Waals surface area contributed by atoms with Crippen LogP contribution < -0.4 is 4.74 Å². The SMILES string of the molecule is COc1ccc(-c2nc(CN3CCCC(CO)C3)cs2)cc1. The zero-order chi connectivity index (χ0) is 15.4. The summed E-state index contributed by atoms with van der Waals surface area (Å²) >= 11 is 1.68. The van der Waals surface area contributed by atoms with E-state index in [1.807, 2.05) is 24.3 Å². The van der Waals surface area contributed by atoms with Gasteiger partial charge in [-0.05, 0) is 49.6 Å². The summed E-state index contributed by atoms with van der Waals surface area (Å²) in [4.78, 5) is 7.15. The molecule has 118 valence electrons. The van der Waals surface area contributed by atoms with Gasteiger partial charge in [0.05, 0.1) is 12.8 Å². The number of benzene rings is 1. The topological polar surface area (TPSA) is 45.6 Å². The second-order valence-electron chi connectivity index (χ2n) is 5.80. The second-order valence-corrected chi connectivity index (χ2v) is 6.66. The Bertz CT molecular complexity index is 597. The minimum Gasteiger partial charge on any atom is -0.497 e. The van der Waals surface area contributed by atoms with E-state index >= 15 is 0 Å². The second kappa shape index (κ2) is 7.22. The van der Waals surface area contributed by atoms with Crippen LogP contribution >= 0.6 is 11.3 Å². The van der Waals surface area contributed by atoms with Crippen molar-refractivity contribution in [1.82, 2.24) is 9.88 Å². The number of piperidine rings is 1. The van der Waals surface area contributed by atoms with Crippen molar-refractivity contribution < 1.29 is 9.84 Å². The van der Waals surface area contributed by atoms with Gasteiger partial charge in [0.2, 0.25) is 0 Å². The molecular formula is C17H22N2O2S. The van der Waals surface area contributed by atoms with Crippen molar-refractivity contribution in [2.45, 2.75) is 19.4 Å². The smallest absolute Gasteiger partial charge is 0.123 e. The van der Waals surface area contributed by atoms with Crippen LogP contribution in [0.5, 0.6) is 5.75 Å². The number of hydrogen-bond donors (Lipinski definition) is 1. The molecule has 0 spiro atoms. The van der Waals surface area contributed by atoms with Crippen molar-refractivity contribution in [1.29, 1.82) is 0 Å². The maximum absolute atomic E-state index is 9.32. The van der Waals surface area contributed by atoms with Gasteiger partial charge in [-0.1, -0.05) is 0 Å². The van der Waals surface area contributed by atoms with Gasteiger partial charge >= 0.3 is 0 Å². The van der Waals surface area contributed by atoms with E-state index in [2.05, 4.69) is 10.3 Å². The van der Waals surface area contributed by atoms with Gasteiger partial charge in [0.1, 0.15) is 10.8 Å². The minimum absolute atomic E-state index is 0.296. The number of thiazole rings is 1. The van der Waals surface area contributed by atoms with Crippen molar-refractivity contribution in [2.24, 2.45) is 5.92 Å². The number of aromatic nitrogens is 1. The minimum atomic E-state index is 0.296. The fraction of sp³-hybridized carbons (Fsp3) is 0.471. The summed E-state index contributed by atoms with van der Waals surface area (Å²) in [6.45, 7) is 3.26. The number of nitrogens with zero attached hydrogens (tertiary/aromatic N) is 2. The number of rotatable bonds is 5. The largest absolute Gasteiger partial charge is 0.497 e. The molecule has 1 N–H and O–H groups in total. The Morgan fingerprint density at radius 3 is 2.91 bits per heavy atom. The number of aliphatic hydroxyl groups excluding tert-OH is 1. The zero-order valence-corrected chi connectivity index (χ0v) is 13.7. The van der Waals surface area contributed by atoms with Gasteiger partial charge in [-0.3, -0.25) is 4.90 Å². The summed E-state index contributed by atoms with van der Waals surface area (Å²) in [6.07, 6.45) is 2.31. The molecule has 1 aliphatic rings. The number of likely N-dealkylation sites (tertiary alicyclic amines) is 1. The van der Waals surface area contributed by atoms with Crippen LogP contribution in [0.15, 0.2) is 29.6 Å². The summed E-state index contributed by atoms with van der Waals surface area (Å²) < 4.78 is 5.19. The Labute approximate surface area is 135 Å². The summed E-state index contributed by atoms with van der Waals surface area (Å²) in [7, 11) is 1.68. The van der Waals surface area contributed by atoms with Crippen LogP contribution in [0.4, 0.5) is 0 Å². The van der Waals surface area contributed by atoms with Crippen LogP contribution in [0.2, 0.25) is 0 Å². The molecule has 0 saturated carbocycles. The lowest BCUT2D eigenvalue weighted by Gasteiger charge is -2.31.